The summed E-state index contributed by atoms with van der Waals surface area (Å²) in [4.78, 5) is 12.1. The molecular weight excluding hydrogens is 300 g/mol. The zero-order valence-electron chi connectivity index (χ0n) is 13.3. The maximum absolute atomic E-state index is 12.1. The van der Waals surface area contributed by atoms with Crippen molar-refractivity contribution in [2.24, 2.45) is 0 Å². The quantitative estimate of drug-likeness (QED) is 0.568. The lowest BCUT2D eigenvalue weighted by atomic mass is 10.2. The minimum Gasteiger partial charge on any atom is -0.491 e. The summed E-state index contributed by atoms with van der Waals surface area (Å²) in [6, 6.07) is 7.08. The van der Waals surface area contributed by atoms with Crippen LogP contribution in [0.5, 0.6) is 5.75 Å². The van der Waals surface area contributed by atoms with Crippen molar-refractivity contribution in [3.05, 3.63) is 29.8 Å². The van der Waals surface area contributed by atoms with Gasteiger partial charge in [0.25, 0.3) is 5.91 Å². The average molecular weight is 324 g/mol. The maximum atomic E-state index is 12.1. The van der Waals surface area contributed by atoms with Gasteiger partial charge in [-0.05, 0) is 50.2 Å². The second-order valence-corrected chi connectivity index (χ2v) is 5.33. The topological polar surface area (TPSA) is 59.6 Å². The first-order valence-electron chi connectivity index (χ1n) is 7.41. The molecule has 1 aromatic rings. The lowest BCUT2D eigenvalue weighted by Gasteiger charge is -2.13. The van der Waals surface area contributed by atoms with Crippen LogP contribution in [0, 0.1) is 0 Å². The van der Waals surface area contributed by atoms with E-state index in [0.29, 0.717) is 29.6 Å². The Morgan fingerprint density at radius 3 is 2.86 bits per heavy atom. The summed E-state index contributed by atoms with van der Waals surface area (Å²) in [5.41, 5.74) is 0.516. The molecule has 0 fully saturated rings. The molecule has 1 atom stereocenters. The van der Waals surface area contributed by atoms with E-state index in [9.17, 15) is 4.79 Å². The van der Waals surface area contributed by atoms with Crippen molar-refractivity contribution in [1.29, 1.82) is 0 Å². The Kier molecular flexibility index (Phi) is 8.47. The van der Waals surface area contributed by atoms with Gasteiger partial charge in [-0.1, -0.05) is 13.0 Å². The molecular formula is C16H24N2O3S. The Labute approximate surface area is 137 Å². The lowest BCUT2D eigenvalue weighted by Crippen LogP contribution is -2.39. The van der Waals surface area contributed by atoms with Gasteiger partial charge in [0.05, 0.1) is 6.10 Å². The molecule has 2 N–H and O–H groups in total. The molecule has 0 heterocycles. The highest BCUT2D eigenvalue weighted by molar-refractivity contribution is 7.80. The predicted molar refractivity (Wildman–Crippen MR) is 91.4 cm³/mol. The highest BCUT2D eigenvalue weighted by Gasteiger charge is 2.09. The van der Waals surface area contributed by atoms with E-state index < -0.39 is 0 Å². The number of hydrogen-bond donors (Lipinski definition) is 2. The molecule has 0 saturated heterocycles. The van der Waals surface area contributed by atoms with Gasteiger partial charge in [0.1, 0.15) is 5.75 Å². The van der Waals surface area contributed by atoms with Crippen LogP contribution < -0.4 is 15.4 Å². The van der Waals surface area contributed by atoms with E-state index in [1.54, 1.807) is 25.3 Å². The standard InChI is InChI=1S/C16H24N2O3S/c1-4-12(2)21-14-8-5-7-13(11-14)15(19)18-16(22)17-9-6-10-20-3/h5,7-8,11-12H,4,6,9-10H2,1-3H3,(H2,17,18,19,22). The fourth-order valence-electron chi connectivity index (χ4n) is 1.66. The Morgan fingerprint density at radius 2 is 2.18 bits per heavy atom. The van der Waals surface area contributed by atoms with E-state index in [1.165, 1.54) is 0 Å². The molecule has 0 aromatic heterocycles. The van der Waals surface area contributed by atoms with E-state index in [2.05, 4.69) is 17.6 Å². The Bertz CT molecular complexity index is 494. The first-order chi connectivity index (χ1) is 10.6. The Morgan fingerprint density at radius 1 is 1.41 bits per heavy atom. The number of thiocarbonyl (C=S) groups is 1. The molecule has 0 radical (unpaired) electrons. The molecule has 1 unspecified atom stereocenters. The Hall–Kier alpha value is -1.66. The zero-order chi connectivity index (χ0) is 16.4. The molecule has 0 spiro atoms. The molecule has 5 nitrogen and oxygen atoms in total. The van der Waals surface area contributed by atoms with Gasteiger partial charge in [-0.25, -0.2) is 0 Å². The molecule has 6 heteroatoms. The van der Waals surface area contributed by atoms with Crippen molar-refractivity contribution >= 4 is 23.2 Å². The fraction of sp³-hybridized carbons (Fsp3) is 0.500. The number of carbonyl (C=O) groups excluding carboxylic acids is 1. The maximum Gasteiger partial charge on any atom is 0.257 e. The van der Waals surface area contributed by atoms with Crippen molar-refractivity contribution in [2.75, 3.05) is 20.3 Å². The largest absolute Gasteiger partial charge is 0.491 e. The van der Waals surface area contributed by atoms with Gasteiger partial charge in [-0.3, -0.25) is 10.1 Å². The fourth-order valence-corrected chi connectivity index (χ4v) is 1.86. The lowest BCUT2D eigenvalue weighted by molar-refractivity contribution is 0.0976. The second kappa shape index (κ2) is 10.1. The van der Waals surface area contributed by atoms with Crippen molar-refractivity contribution < 1.29 is 14.3 Å². The van der Waals surface area contributed by atoms with Gasteiger partial charge in [0, 0.05) is 25.8 Å². The van der Waals surface area contributed by atoms with Gasteiger partial charge in [-0.2, -0.15) is 0 Å². The summed E-state index contributed by atoms with van der Waals surface area (Å²) in [5, 5.41) is 5.93. The van der Waals surface area contributed by atoms with Crippen LogP contribution in [-0.4, -0.2) is 37.4 Å². The molecule has 0 saturated carbocycles. The van der Waals surface area contributed by atoms with Crippen LogP contribution in [0.4, 0.5) is 0 Å². The average Bonchev–Trinajstić information content (AvgIpc) is 2.51. The third-order valence-corrected chi connectivity index (χ3v) is 3.29. The molecule has 22 heavy (non-hydrogen) atoms. The van der Waals surface area contributed by atoms with Gasteiger partial charge in [0.2, 0.25) is 0 Å². The minimum atomic E-state index is -0.251. The third-order valence-electron chi connectivity index (χ3n) is 3.05. The number of carbonyl (C=O) groups is 1. The van der Waals surface area contributed by atoms with Crippen molar-refractivity contribution in [3.8, 4) is 5.75 Å². The number of nitrogens with one attached hydrogen (secondary N) is 2. The smallest absolute Gasteiger partial charge is 0.257 e. The number of rotatable bonds is 8. The Balaban J connectivity index is 2.51. The van der Waals surface area contributed by atoms with Crippen LogP contribution in [0.2, 0.25) is 0 Å². The summed E-state index contributed by atoms with van der Waals surface area (Å²) in [7, 11) is 1.65. The predicted octanol–water partition coefficient (Wildman–Crippen LogP) is 2.50. The van der Waals surface area contributed by atoms with Crippen LogP contribution in [0.15, 0.2) is 24.3 Å². The molecule has 1 aromatic carbocycles. The molecule has 0 aliphatic heterocycles. The second-order valence-electron chi connectivity index (χ2n) is 4.92. The van der Waals surface area contributed by atoms with Crippen LogP contribution in [0.25, 0.3) is 0 Å². The van der Waals surface area contributed by atoms with E-state index in [4.69, 9.17) is 21.7 Å². The van der Waals surface area contributed by atoms with Gasteiger partial charge < -0.3 is 14.8 Å². The number of methoxy groups -OCH3 is 1. The minimum absolute atomic E-state index is 0.113. The monoisotopic (exact) mass is 324 g/mol. The van der Waals surface area contributed by atoms with Crippen molar-refractivity contribution in [3.63, 3.8) is 0 Å². The van der Waals surface area contributed by atoms with E-state index >= 15 is 0 Å². The molecule has 0 aliphatic carbocycles. The summed E-state index contributed by atoms with van der Waals surface area (Å²) < 4.78 is 10.7. The highest BCUT2D eigenvalue weighted by Crippen LogP contribution is 2.15. The first-order valence-corrected chi connectivity index (χ1v) is 7.82. The van der Waals surface area contributed by atoms with Crippen LogP contribution in [0.1, 0.15) is 37.0 Å². The summed E-state index contributed by atoms with van der Waals surface area (Å²) in [6.07, 6.45) is 1.85. The van der Waals surface area contributed by atoms with E-state index in [1.807, 2.05) is 13.0 Å². The van der Waals surface area contributed by atoms with Crippen LogP contribution in [-0.2, 0) is 4.74 Å². The van der Waals surface area contributed by atoms with Crippen LogP contribution >= 0.6 is 12.2 Å². The number of benzene rings is 1. The van der Waals surface area contributed by atoms with Gasteiger partial charge in [-0.15, -0.1) is 0 Å². The molecule has 122 valence electrons. The molecule has 1 amide bonds. The molecule has 0 aliphatic rings. The number of ether oxygens (including phenoxy) is 2. The highest BCUT2D eigenvalue weighted by atomic mass is 32.1. The summed E-state index contributed by atoms with van der Waals surface area (Å²) in [6.45, 7) is 5.35. The molecule has 1 rings (SSSR count). The summed E-state index contributed by atoms with van der Waals surface area (Å²) in [5.74, 6) is 0.430. The molecule has 0 bridgehead atoms. The van der Waals surface area contributed by atoms with E-state index in [0.717, 1.165) is 12.8 Å². The zero-order valence-corrected chi connectivity index (χ0v) is 14.2. The third kappa shape index (κ3) is 6.87. The normalized spacial score (nSPS) is 11.6. The first kappa shape index (κ1) is 18.4. The number of amides is 1. The van der Waals surface area contributed by atoms with Crippen LogP contribution in [0.3, 0.4) is 0 Å². The van der Waals surface area contributed by atoms with Crippen molar-refractivity contribution in [2.45, 2.75) is 32.8 Å². The summed E-state index contributed by atoms with van der Waals surface area (Å²) >= 11 is 5.09. The van der Waals surface area contributed by atoms with E-state index in [-0.39, 0.29) is 12.0 Å². The van der Waals surface area contributed by atoms with Gasteiger partial charge >= 0.3 is 0 Å². The SMILES string of the molecule is CCC(C)Oc1cccc(C(=O)NC(=S)NCCCOC)c1. The van der Waals surface area contributed by atoms with Gasteiger partial charge in [0.15, 0.2) is 5.11 Å². The number of hydrogen-bond acceptors (Lipinski definition) is 4. The van der Waals surface area contributed by atoms with Crippen molar-refractivity contribution in [1.82, 2.24) is 10.6 Å².